The van der Waals surface area contributed by atoms with Crippen LogP contribution in [0.2, 0.25) is 0 Å². The molecule has 106 valence electrons. The first kappa shape index (κ1) is 14.8. The van der Waals surface area contributed by atoms with E-state index >= 15 is 0 Å². The lowest BCUT2D eigenvalue weighted by atomic mass is 10.2. The number of carbonyl (C=O) groups excluding carboxylic acids is 1. The first-order valence-corrected chi connectivity index (χ1v) is 7.42. The summed E-state index contributed by atoms with van der Waals surface area (Å²) in [6, 6.07) is 6.98. The van der Waals surface area contributed by atoms with Gasteiger partial charge in [0, 0.05) is 35.2 Å². The molecule has 0 atom stereocenters. The minimum absolute atomic E-state index is 0.0287. The lowest BCUT2D eigenvalue weighted by Crippen LogP contribution is -2.33. The van der Waals surface area contributed by atoms with Crippen LogP contribution in [-0.2, 0) is 11.3 Å². The smallest absolute Gasteiger partial charge is 0.242 e. The van der Waals surface area contributed by atoms with Gasteiger partial charge < -0.3 is 9.47 Å². The summed E-state index contributed by atoms with van der Waals surface area (Å²) in [4.78, 5) is 25.8. The number of aromatic nitrogens is 1. The third kappa shape index (κ3) is 2.93. The fraction of sp³-hybridized carbons (Fsp3) is 0.333. The Morgan fingerprint density at radius 3 is 2.60 bits per heavy atom. The molecule has 1 heterocycles. The van der Waals surface area contributed by atoms with Gasteiger partial charge in [0.25, 0.3) is 0 Å². The second-order valence-electron chi connectivity index (χ2n) is 4.54. The standard InChI is InChI=1S/C15H17BrN2O2/c1-3-17(4-2)15(20)10-18-8-7-14(19)12-6-5-11(16)9-13(12)18/h5-9H,3-4,10H2,1-2H3. The number of halogens is 1. The van der Waals surface area contributed by atoms with E-state index in [-0.39, 0.29) is 17.9 Å². The Morgan fingerprint density at radius 1 is 1.25 bits per heavy atom. The molecule has 2 rings (SSSR count). The summed E-state index contributed by atoms with van der Waals surface area (Å²) in [5, 5.41) is 0.628. The molecule has 1 aromatic heterocycles. The summed E-state index contributed by atoms with van der Waals surface area (Å²) in [6.45, 7) is 5.55. The van der Waals surface area contributed by atoms with Crippen LogP contribution in [0.4, 0.5) is 0 Å². The van der Waals surface area contributed by atoms with E-state index in [1.54, 1.807) is 17.2 Å². The molecule has 0 aliphatic heterocycles. The molecule has 0 spiro atoms. The maximum absolute atomic E-state index is 12.2. The number of hydrogen-bond donors (Lipinski definition) is 0. The largest absolute Gasteiger partial charge is 0.342 e. The second-order valence-corrected chi connectivity index (χ2v) is 5.45. The Balaban J connectivity index is 2.45. The molecule has 0 bridgehead atoms. The Hall–Kier alpha value is -1.62. The topological polar surface area (TPSA) is 42.3 Å². The number of likely N-dealkylation sites (N-methyl/N-ethyl adjacent to an activating group) is 1. The molecule has 0 saturated carbocycles. The number of carbonyl (C=O) groups is 1. The quantitative estimate of drug-likeness (QED) is 0.861. The monoisotopic (exact) mass is 336 g/mol. The summed E-state index contributed by atoms with van der Waals surface area (Å²) >= 11 is 3.40. The molecular formula is C15H17BrN2O2. The highest BCUT2D eigenvalue weighted by atomic mass is 79.9. The van der Waals surface area contributed by atoms with Crippen molar-refractivity contribution in [1.29, 1.82) is 0 Å². The predicted octanol–water partition coefficient (Wildman–Crippen LogP) is 2.63. The van der Waals surface area contributed by atoms with Gasteiger partial charge in [-0.15, -0.1) is 0 Å². The molecule has 4 nitrogen and oxygen atoms in total. The number of amides is 1. The van der Waals surface area contributed by atoms with Crippen molar-refractivity contribution in [3.05, 3.63) is 45.2 Å². The Morgan fingerprint density at radius 2 is 1.95 bits per heavy atom. The van der Waals surface area contributed by atoms with Crippen LogP contribution >= 0.6 is 15.9 Å². The average molecular weight is 337 g/mol. The van der Waals surface area contributed by atoms with E-state index in [2.05, 4.69) is 15.9 Å². The van der Waals surface area contributed by atoms with Crippen molar-refractivity contribution in [1.82, 2.24) is 9.47 Å². The van der Waals surface area contributed by atoms with E-state index in [1.807, 2.05) is 30.5 Å². The van der Waals surface area contributed by atoms with Gasteiger partial charge in [0.2, 0.25) is 5.91 Å². The molecule has 0 aliphatic rings. The average Bonchev–Trinajstić information content (AvgIpc) is 2.43. The van der Waals surface area contributed by atoms with Crippen LogP contribution in [0, 0.1) is 0 Å². The van der Waals surface area contributed by atoms with Crippen LogP contribution in [-0.4, -0.2) is 28.5 Å². The van der Waals surface area contributed by atoms with Gasteiger partial charge in [-0.2, -0.15) is 0 Å². The number of pyridine rings is 1. The van der Waals surface area contributed by atoms with Crippen molar-refractivity contribution in [2.45, 2.75) is 20.4 Å². The van der Waals surface area contributed by atoms with Crippen molar-refractivity contribution >= 4 is 32.7 Å². The van der Waals surface area contributed by atoms with E-state index in [1.165, 1.54) is 6.07 Å². The van der Waals surface area contributed by atoms with Crippen LogP contribution in [0.3, 0.4) is 0 Å². The van der Waals surface area contributed by atoms with Gasteiger partial charge in [0.15, 0.2) is 5.43 Å². The molecule has 0 radical (unpaired) electrons. The zero-order chi connectivity index (χ0) is 14.7. The first-order valence-electron chi connectivity index (χ1n) is 6.63. The predicted molar refractivity (Wildman–Crippen MR) is 83.8 cm³/mol. The van der Waals surface area contributed by atoms with Crippen molar-refractivity contribution < 1.29 is 4.79 Å². The van der Waals surface area contributed by atoms with Gasteiger partial charge in [-0.3, -0.25) is 9.59 Å². The Bertz CT molecular complexity index is 690. The molecule has 20 heavy (non-hydrogen) atoms. The van der Waals surface area contributed by atoms with Crippen molar-refractivity contribution in [3.8, 4) is 0 Å². The molecule has 1 aromatic carbocycles. The molecule has 0 aliphatic carbocycles. The molecule has 2 aromatic rings. The first-order chi connectivity index (χ1) is 9.56. The van der Waals surface area contributed by atoms with Crippen molar-refractivity contribution in [2.24, 2.45) is 0 Å². The summed E-state index contributed by atoms with van der Waals surface area (Å²) in [5.74, 6) is 0.0555. The second kappa shape index (κ2) is 6.22. The fourth-order valence-corrected chi connectivity index (χ4v) is 2.59. The van der Waals surface area contributed by atoms with E-state index < -0.39 is 0 Å². The normalized spacial score (nSPS) is 10.8. The zero-order valence-corrected chi connectivity index (χ0v) is 13.2. The fourth-order valence-electron chi connectivity index (χ4n) is 2.24. The van der Waals surface area contributed by atoms with Gasteiger partial charge >= 0.3 is 0 Å². The minimum atomic E-state index is -0.0287. The van der Waals surface area contributed by atoms with E-state index in [9.17, 15) is 9.59 Å². The highest BCUT2D eigenvalue weighted by Gasteiger charge is 2.12. The summed E-state index contributed by atoms with van der Waals surface area (Å²) in [7, 11) is 0. The maximum atomic E-state index is 12.2. The molecule has 0 N–H and O–H groups in total. The molecule has 0 fully saturated rings. The Kier molecular flexibility index (Phi) is 4.60. The molecule has 0 saturated heterocycles. The summed E-state index contributed by atoms with van der Waals surface area (Å²) < 4.78 is 2.71. The van der Waals surface area contributed by atoms with Crippen LogP contribution < -0.4 is 5.43 Å². The number of rotatable bonds is 4. The SMILES string of the molecule is CCN(CC)C(=O)Cn1ccc(=O)c2ccc(Br)cc21. The van der Waals surface area contributed by atoms with Crippen LogP contribution in [0.1, 0.15) is 13.8 Å². The molecule has 5 heteroatoms. The van der Waals surface area contributed by atoms with Gasteiger partial charge in [-0.25, -0.2) is 0 Å². The van der Waals surface area contributed by atoms with Gasteiger partial charge in [0.05, 0.1) is 5.52 Å². The number of fused-ring (bicyclic) bond motifs is 1. The third-order valence-corrected chi connectivity index (χ3v) is 3.86. The van der Waals surface area contributed by atoms with Gasteiger partial charge in [-0.1, -0.05) is 15.9 Å². The van der Waals surface area contributed by atoms with Crippen LogP contribution in [0.5, 0.6) is 0 Å². The molecule has 1 amide bonds. The van der Waals surface area contributed by atoms with E-state index in [0.29, 0.717) is 18.5 Å². The number of hydrogen-bond acceptors (Lipinski definition) is 2. The van der Waals surface area contributed by atoms with E-state index in [4.69, 9.17) is 0 Å². The maximum Gasteiger partial charge on any atom is 0.242 e. The lowest BCUT2D eigenvalue weighted by molar-refractivity contribution is -0.131. The number of benzene rings is 1. The van der Waals surface area contributed by atoms with Crippen molar-refractivity contribution in [2.75, 3.05) is 13.1 Å². The van der Waals surface area contributed by atoms with E-state index in [0.717, 1.165) is 9.99 Å². The molecular weight excluding hydrogens is 320 g/mol. The lowest BCUT2D eigenvalue weighted by Gasteiger charge is -2.20. The Labute approximate surface area is 126 Å². The third-order valence-electron chi connectivity index (χ3n) is 3.36. The highest BCUT2D eigenvalue weighted by molar-refractivity contribution is 9.10. The molecule has 0 unspecified atom stereocenters. The summed E-state index contributed by atoms with van der Waals surface area (Å²) in [5.41, 5.74) is 0.742. The zero-order valence-electron chi connectivity index (χ0n) is 11.6. The van der Waals surface area contributed by atoms with Gasteiger partial charge in [-0.05, 0) is 32.0 Å². The number of nitrogens with zero attached hydrogens (tertiary/aromatic N) is 2. The van der Waals surface area contributed by atoms with Crippen LogP contribution in [0.15, 0.2) is 39.7 Å². The van der Waals surface area contributed by atoms with Crippen molar-refractivity contribution in [3.63, 3.8) is 0 Å². The minimum Gasteiger partial charge on any atom is -0.342 e. The van der Waals surface area contributed by atoms with Crippen LogP contribution in [0.25, 0.3) is 10.9 Å². The highest BCUT2D eigenvalue weighted by Crippen LogP contribution is 2.17. The van der Waals surface area contributed by atoms with Gasteiger partial charge in [0.1, 0.15) is 6.54 Å². The summed E-state index contributed by atoms with van der Waals surface area (Å²) in [6.07, 6.45) is 1.68.